The molecule has 0 aromatic heterocycles. The molecule has 104 valence electrons. The first-order valence-corrected chi connectivity index (χ1v) is 7.45. The van der Waals surface area contributed by atoms with Gasteiger partial charge in [-0.15, -0.1) is 0 Å². The van der Waals surface area contributed by atoms with E-state index in [1.807, 2.05) is 0 Å². The molecule has 1 unspecified atom stereocenters. The number of hydrogen-bond acceptors (Lipinski definition) is 3. The second kappa shape index (κ2) is 6.53. The van der Waals surface area contributed by atoms with Gasteiger partial charge in [0, 0.05) is 25.7 Å². The number of hydrogen-bond donors (Lipinski definition) is 1. The molecule has 2 rings (SSSR count). The summed E-state index contributed by atoms with van der Waals surface area (Å²) in [6.45, 7) is 9.13. The quantitative estimate of drug-likeness (QED) is 0.799. The van der Waals surface area contributed by atoms with Crippen molar-refractivity contribution in [3.05, 3.63) is 0 Å². The zero-order chi connectivity index (χ0) is 13.0. The van der Waals surface area contributed by atoms with Gasteiger partial charge >= 0.3 is 0 Å². The number of amides is 1. The Morgan fingerprint density at radius 1 is 1.17 bits per heavy atom. The van der Waals surface area contributed by atoms with Crippen LogP contribution in [0.25, 0.3) is 0 Å². The van der Waals surface area contributed by atoms with Crippen molar-refractivity contribution in [2.24, 2.45) is 0 Å². The van der Waals surface area contributed by atoms with Gasteiger partial charge in [0.1, 0.15) is 0 Å². The molecule has 0 bridgehead atoms. The molecule has 18 heavy (non-hydrogen) atoms. The summed E-state index contributed by atoms with van der Waals surface area (Å²) in [6.07, 6.45) is 5.13. The maximum atomic E-state index is 12.6. The van der Waals surface area contributed by atoms with E-state index in [4.69, 9.17) is 0 Å². The Kier molecular flexibility index (Phi) is 5.01. The summed E-state index contributed by atoms with van der Waals surface area (Å²) in [6, 6.07) is 0.393. The average molecular weight is 253 g/mol. The molecule has 2 saturated heterocycles. The van der Waals surface area contributed by atoms with Gasteiger partial charge < -0.3 is 10.2 Å². The van der Waals surface area contributed by atoms with Crippen LogP contribution in [0.15, 0.2) is 0 Å². The van der Waals surface area contributed by atoms with E-state index in [9.17, 15) is 4.79 Å². The van der Waals surface area contributed by atoms with Gasteiger partial charge in [-0.1, -0.05) is 12.8 Å². The van der Waals surface area contributed by atoms with E-state index in [0.29, 0.717) is 11.9 Å². The van der Waals surface area contributed by atoms with E-state index in [0.717, 1.165) is 32.7 Å². The highest BCUT2D eigenvalue weighted by molar-refractivity contribution is 5.82. The summed E-state index contributed by atoms with van der Waals surface area (Å²) in [5.41, 5.74) is 0. The Balaban J connectivity index is 1.93. The molecule has 2 fully saturated rings. The van der Waals surface area contributed by atoms with Crippen LogP contribution in [0.3, 0.4) is 0 Å². The van der Waals surface area contributed by atoms with E-state index in [-0.39, 0.29) is 6.04 Å². The lowest BCUT2D eigenvalue weighted by atomic mass is 10.1. The maximum Gasteiger partial charge on any atom is 0.239 e. The van der Waals surface area contributed by atoms with Crippen LogP contribution in [0.5, 0.6) is 0 Å². The van der Waals surface area contributed by atoms with Crippen LogP contribution < -0.4 is 5.32 Å². The molecule has 2 heterocycles. The first kappa shape index (κ1) is 13.8. The molecular weight excluding hydrogens is 226 g/mol. The molecule has 4 nitrogen and oxygen atoms in total. The highest BCUT2D eigenvalue weighted by Gasteiger charge is 2.30. The second-order valence-corrected chi connectivity index (χ2v) is 5.71. The SMILES string of the molecule is CC(C(=O)N1CCNC[C@@H]1C)N1CCCCCC1. The fourth-order valence-corrected chi connectivity index (χ4v) is 3.05. The van der Waals surface area contributed by atoms with Crippen LogP contribution >= 0.6 is 0 Å². The van der Waals surface area contributed by atoms with Crippen LogP contribution in [-0.4, -0.2) is 60.5 Å². The Labute approximate surface area is 111 Å². The third kappa shape index (κ3) is 3.23. The van der Waals surface area contributed by atoms with Gasteiger partial charge in [-0.05, 0) is 39.8 Å². The van der Waals surface area contributed by atoms with Gasteiger partial charge in [0.15, 0.2) is 0 Å². The lowest BCUT2D eigenvalue weighted by molar-refractivity contribution is -0.139. The number of nitrogens with one attached hydrogen (secondary N) is 1. The van der Waals surface area contributed by atoms with Crippen LogP contribution in [0.2, 0.25) is 0 Å². The van der Waals surface area contributed by atoms with Crippen molar-refractivity contribution in [2.75, 3.05) is 32.7 Å². The number of likely N-dealkylation sites (tertiary alicyclic amines) is 1. The van der Waals surface area contributed by atoms with Gasteiger partial charge in [0.25, 0.3) is 0 Å². The summed E-state index contributed by atoms with van der Waals surface area (Å²) in [7, 11) is 0. The van der Waals surface area contributed by atoms with Crippen molar-refractivity contribution < 1.29 is 4.79 Å². The minimum absolute atomic E-state index is 0.0589. The van der Waals surface area contributed by atoms with Crippen LogP contribution in [0, 0.1) is 0 Å². The molecule has 0 aromatic rings. The average Bonchev–Trinajstić information content (AvgIpc) is 2.66. The Morgan fingerprint density at radius 2 is 1.83 bits per heavy atom. The lowest BCUT2D eigenvalue weighted by Crippen LogP contribution is -2.57. The third-order valence-electron chi connectivity index (χ3n) is 4.33. The highest BCUT2D eigenvalue weighted by Crippen LogP contribution is 2.15. The Hall–Kier alpha value is -0.610. The van der Waals surface area contributed by atoms with Crippen molar-refractivity contribution in [3.63, 3.8) is 0 Å². The Bertz CT molecular complexity index is 274. The summed E-state index contributed by atoms with van der Waals surface area (Å²) >= 11 is 0. The minimum Gasteiger partial charge on any atom is -0.336 e. The summed E-state index contributed by atoms with van der Waals surface area (Å²) in [4.78, 5) is 17.0. The maximum absolute atomic E-state index is 12.6. The molecule has 0 aliphatic carbocycles. The van der Waals surface area contributed by atoms with Crippen LogP contribution in [-0.2, 0) is 4.79 Å². The standard InChI is InChI=1S/C14H27N3O/c1-12-11-15-7-10-17(12)14(18)13(2)16-8-5-3-4-6-9-16/h12-13,15H,3-11H2,1-2H3/t12-,13?/m0/s1. The highest BCUT2D eigenvalue weighted by atomic mass is 16.2. The predicted octanol–water partition coefficient (Wildman–Crippen LogP) is 1.07. The van der Waals surface area contributed by atoms with E-state index in [1.165, 1.54) is 25.7 Å². The number of rotatable bonds is 2. The van der Waals surface area contributed by atoms with Crippen LogP contribution in [0.1, 0.15) is 39.5 Å². The van der Waals surface area contributed by atoms with E-state index in [2.05, 4.69) is 29.0 Å². The van der Waals surface area contributed by atoms with E-state index < -0.39 is 0 Å². The van der Waals surface area contributed by atoms with Crippen LogP contribution in [0.4, 0.5) is 0 Å². The third-order valence-corrected chi connectivity index (χ3v) is 4.33. The van der Waals surface area contributed by atoms with Gasteiger partial charge in [0.05, 0.1) is 6.04 Å². The smallest absolute Gasteiger partial charge is 0.239 e. The monoisotopic (exact) mass is 253 g/mol. The largest absolute Gasteiger partial charge is 0.336 e. The molecule has 2 atom stereocenters. The molecule has 2 aliphatic heterocycles. The zero-order valence-electron chi connectivity index (χ0n) is 11.8. The van der Waals surface area contributed by atoms with Gasteiger partial charge in [-0.2, -0.15) is 0 Å². The van der Waals surface area contributed by atoms with Crippen molar-refractivity contribution in [1.29, 1.82) is 0 Å². The molecule has 0 aromatic carbocycles. The van der Waals surface area contributed by atoms with Crippen molar-refractivity contribution in [3.8, 4) is 0 Å². The van der Waals surface area contributed by atoms with E-state index >= 15 is 0 Å². The molecule has 2 aliphatic rings. The molecular formula is C14H27N3O. The summed E-state index contributed by atoms with van der Waals surface area (Å²) in [5, 5.41) is 3.34. The van der Waals surface area contributed by atoms with Gasteiger partial charge in [-0.25, -0.2) is 0 Å². The number of nitrogens with zero attached hydrogens (tertiary/aromatic N) is 2. The lowest BCUT2D eigenvalue weighted by Gasteiger charge is -2.38. The second-order valence-electron chi connectivity index (χ2n) is 5.71. The van der Waals surface area contributed by atoms with E-state index in [1.54, 1.807) is 0 Å². The molecule has 0 saturated carbocycles. The normalized spacial score (nSPS) is 28.8. The predicted molar refractivity (Wildman–Crippen MR) is 73.5 cm³/mol. The molecule has 0 radical (unpaired) electrons. The summed E-state index contributed by atoms with van der Waals surface area (Å²) in [5.74, 6) is 0.325. The first-order chi connectivity index (χ1) is 8.70. The van der Waals surface area contributed by atoms with Gasteiger partial charge in [-0.3, -0.25) is 9.69 Å². The fraction of sp³-hybridized carbons (Fsp3) is 0.929. The molecule has 1 N–H and O–H groups in total. The number of carbonyl (C=O) groups is 1. The Morgan fingerprint density at radius 3 is 2.44 bits per heavy atom. The minimum atomic E-state index is 0.0589. The van der Waals surface area contributed by atoms with Crippen molar-refractivity contribution >= 4 is 5.91 Å². The first-order valence-electron chi connectivity index (χ1n) is 7.45. The molecule has 0 spiro atoms. The molecule has 4 heteroatoms. The van der Waals surface area contributed by atoms with Gasteiger partial charge in [0.2, 0.25) is 5.91 Å². The number of piperazine rings is 1. The van der Waals surface area contributed by atoms with Crippen molar-refractivity contribution in [2.45, 2.75) is 51.6 Å². The molecule has 1 amide bonds. The number of carbonyl (C=O) groups excluding carboxylic acids is 1. The topological polar surface area (TPSA) is 35.6 Å². The van der Waals surface area contributed by atoms with Crippen molar-refractivity contribution in [1.82, 2.24) is 15.1 Å². The fourth-order valence-electron chi connectivity index (χ4n) is 3.05. The summed E-state index contributed by atoms with van der Waals surface area (Å²) < 4.78 is 0. The zero-order valence-corrected chi connectivity index (χ0v) is 11.8.